The predicted octanol–water partition coefficient (Wildman–Crippen LogP) is 2.71. The lowest BCUT2D eigenvalue weighted by molar-refractivity contribution is -0.130. The molecule has 0 N–H and O–H groups in total. The van der Waals surface area contributed by atoms with E-state index in [9.17, 15) is 4.79 Å². The van der Waals surface area contributed by atoms with E-state index in [1.54, 1.807) is 12.0 Å². The van der Waals surface area contributed by atoms with E-state index >= 15 is 0 Å². The Morgan fingerprint density at radius 3 is 2.33 bits per heavy atom. The lowest BCUT2D eigenvalue weighted by Gasteiger charge is -2.16. The van der Waals surface area contributed by atoms with Crippen molar-refractivity contribution in [2.45, 2.75) is 46.5 Å². The highest BCUT2D eigenvalue weighted by Gasteiger charge is 2.07. The molecule has 0 saturated carbocycles. The number of ether oxygens (including phenoxy) is 2. The van der Waals surface area contributed by atoms with Crippen molar-refractivity contribution in [2.75, 3.05) is 40.5 Å². The van der Waals surface area contributed by atoms with Crippen LogP contribution in [0.25, 0.3) is 0 Å². The highest BCUT2D eigenvalue weighted by molar-refractivity contribution is 5.75. The van der Waals surface area contributed by atoms with Gasteiger partial charge >= 0.3 is 0 Å². The number of unbranched alkanes of at least 4 members (excludes halogenated alkanes) is 2. The third-order valence-corrected chi connectivity index (χ3v) is 2.44. The van der Waals surface area contributed by atoms with Crippen molar-refractivity contribution in [3.8, 4) is 0 Å². The third kappa shape index (κ3) is 13.5. The topological polar surface area (TPSA) is 38.8 Å². The number of methoxy groups -OCH3 is 1. The summed E-state index contributed by atoms with van der Waals surface area (Å²) in [4.78, 5) is 13.3. The van der Waals surface area contributed by atoms with Crippen molar-refractivity contribution in [1.29, 1.82) is 0 Å². The van der Waals surface area contributed by atoms with Crippen LogP contribution in [-0.2, 0) is 14.3 Å². The van der Waals surface area contributed by atoms with Crippen molar-refractivity contribution in [3.63, 3.8) is 0 Å². The Morgan fingerprint density at radius 1 is 1.11 bits per heavy atom. The van der Waals surface area contributed by atoms with Gasteiger partial charge in [0.15, 0.2) is 0 Å². The molecule has 4 heteroatoms. The van der Waals surface area contributed by atoms with Gasteiger partial charge in [0, 0.05) is 40.3 Å². The summed E-state index contributed by atoms with van der Waals surface area (Å²) in [6.45, 7) is 8.86. The van der Waals surface area contributed by atoms with Gasteiger partial charge in [-0.3, -0.25) is 4.79 Å². The number of amides is 1. The monoisotopic (exact) mass is 261 g/mol. The van der Waals surface area contributed by atoms with Crippen molar-refractivity contribution < 1.29 is 14.3 Å². The van der Waals surface area contributed by atoms with E-state index in [0.29, 0.717) is 19.6 Å². The molecule has 0 bridgehead atoms. The largest absolute Gasteiger partial charge is 0.383 e. The minimum Gasteiger partial charge on any atom is -0.383 e. The molecule has 0 rings (SSSR count). The molecule has 0 spiro atoms. The molecule has 1 amide bonds. The van der Waals surface area contributed by atoms with E-state index in [1.165, 1.54) is 0 Å². The zero-order valence-corrected chi connectivity index (χ0v) is 12.8. The van der Waals surface area contributed by atoms with Crippen LogP contribution in [0.5, 0.6) is 0 Å². The minimum atomic E-state index is 0.202. The SMILES string of the molecule is CC.CCOCCCCCC(=O)N(C)CCOC. The van der Waals surface area contributed by atoms with Gasteiger partial charge in [0.2, 0.25) is 5.91 Å². The second-order valence-electron chi connectivity index (χ2n) is 3.82. The van der Waals surface area contributed by atoms with Crippen molar-refractivity contribution in [3.05, 3.63) is 0 Å². The van der Waals surface area contributed by atoms with E-state index in [0.717, 1.165) is 32.5 Å². The summed E-state index contributed by atoms with van der Waals surface area (Å²) in [6, 6.07) is 0. The van der Waals surface area contributed by atoms with Crippen molar-refractivity contribution >= 4 is 5.91 Å². The van der Waals surface area contributed by atoms with Gasteiger partial charge in [-0.25, -0.2) is 0 Å². The number of carbonyl (C=O) groups excluding carboxylic acids is 1. The standard InChI is InChI=1S/C12H25NO3.C2H6/c1-4-16-10-7-5-6-8-12(14)13(2)9-11-15-3;1-2/h4-11H2,1-3H3;1-2H3. The predicted molar refractivity (Wildman–Crippen MR) is 75.8 cm³/mol. The summed E-state index contributed by atoms with van der Waals surface area (Å²) in [5.74, 6) is 0.202. The fraction of sp³-hybridized carbons (Fsp3) is 0.929. The van der Waals surface area contributed by atoms with Gasteiger partial charge in [0.25, 0.3) is 0 Å². The molecule has 110 valence electrons. The van der Waals surface area contributed by atoms with Crippen LogP contribution in [0, 0.1) is 0 Å². The lowest BCUT2D eigenvalue weighted by atomic mass is 10.2. The molecule has 0 aromatic rings. The summed E-state index contributed by atoms with van der Waals surface area (Å²) in [5, 5.41) is 0. The average Bonchev–Trinajstić information content (AvgIpc) is 2.41. The van der Waals surface area contributed by atoms with Gasteiger partial charge in [0.1, 0.15) is 0 Å². The van der Waals surface area contributed by atoms with Crippen LogP contribution in [0.3, 0.4) is 0 Å². The van der Waals surface area contributed by atoms with Gasteiger partial charge < -0.3 is 14.4 Å². The zero-order chi connectivity index (χ0) is 14.2. The number of hydrogen-bond donors (Lipinski definition) is 0. The van der Waals surface area contributed by atoms with Crippen molar-refractivity contribution in [1.82, 2.24) is 4.90 Å². The highest BCUT2D eigenvalue weighted by atomic mass is 16.5. The molecule has 0 unspecified atom stereocenters. The van der Waals surface area contributed by atoms with Crippen LogP contribution in [0.15, 0.2) is 0 Å². The fourth-order valence-corrected chi connectivity index (χ4v) is 1.35. The Morgan fingerprint density at radius 2 is 1.78 bits per heavy atom. The maximum Gasteiger partial charge on any atom is 0.222 e. The Labute approximate surface area is 113 Å². The van der Waals surface area contributed by atoms with Crippen LogP contribution in [0.2, 0.25) is 0 Å². The van der Waals surface area contributed by atoms with E-state index in [2.05, 4.69) is 0 Å². The van der Waals surface area contributed by atoms with Gasteiger partial charge in [-0.15, -0.1) is 0 Å². The molecular formula is C14H31NO3. The second-order valence-corrected chi connectivity index (χ2v) is 3.82. The Balaban J connectivity index is 0. The number of hydrogen-bond acceptors (Lipinski definition) is 3. The highest BCUT2D eigenvalue weighted by Crippen LogP contribution is 2.02. The summed E-state index contributed by atoms with van der Waals surface area (Å²) in [5.41, 5.74) is 0. The number of nitrogens with zero attached hydrogens (tertiary/aromatic N) is 1. The first kappa shape index (κ1) is 19.7. The average molecular weight is 261 g/mol. The first-order valence-corrected chi connectivity index (χ1v) is 7.03. The quantitative estimate of drug-likeness (QED) is 0.568. The molecule has 0 saturated heterocycles. The van der Waals surface area contributed by atoms with Gasteiger partial charge in [0.05, 0.1) is 6.61 Å². The summed E-state index contributed by atoms with van der Waals surface area (Å²) >= 11 is 0. The van der Waals surface area contributed by atoms with Gasteiger partial charge in [-0.2, -0.15) is 0 Å². The Bertz CT molecular complexity index is 174. The lowest BCUT2D eigenvalue weighted by Crippen LogP contribution is -2.29. The van der Waals surface area contributed by atoms with E-state index in [-0.39, 0.29) is 5.91 Å². The fourth-order valence-electron chi connectivity index (χ4n) is 1.35. The summed E-state index contributed by atoms with van der Waals surface area (Å²) in [6.07, 6.45) is 3.68. The molecule has 0 atom stereocenters. The summed E-state index contributed by atoms with van der Waals surface area (Å²) < 4.78 is 10.2. The van der Waals surface area contributed by atoms with Crippen LogP contribution in [0.4, 0.5) is 0 Å². The minimum absolute atomic E-state index is 0.202. The van der Waals surface area contributed by atoms with E-state index in [1.807, 2.05) is 27.8 Å². The molecule has 0 aliphatic carbocycles. The van der Waals surface area contributed by atoms with Crippen LogP contribution < -0.4 is 0 Å². The third-order valence-electron chi connectivity index (χ3n) is 2.44. The first-order chi connectivity index (χ1) is 8.72. The first-order valence-electron chi connectivity index (χ1n) is 7.03. The molecule has 0 heterocycles. The molecule has 0 aliphatic heterocycles. The summed E-state index contributed by atoms with van der Waals surface area (Å²) in [7, 11) is 3.47. The molecule has 18 heavy (non-hydrogen) atoms. The maximum atomic E-state index is 11.6. The Kier molecular flexibility index (Phi) is 18.0. The molecule has 0 fully saturated rings. The van der Waals surface area contributed by atoms with E-state index in [4.69, 9.17) is 9.47 Å². The number of likely N-dealkylation sites (N-methyl/N-ethyl adjacent to an activating group) is 1. The molecule has 0 aliphatic rings. The maximum absolute atomic E-state index is 11.6. The van der Waals surface area contributed by atoms with Gasteiger partial charge in [-0.05, 0) is 19.8 Å². The molecule has 4 nitrogen and oxygen atoms in total. The van der Waals surface area contributed by atoms with Crippen LogP contribution in [0.1, 0.15) is 46.5 Å². The number of carbonyl (C=O) groups is 1. The van der Waals surface area contributed by atoms with Gasteiger partial charge in [-0.1, -0.05) is 20.3 Å². The molecular weight excluding hydrogens is 230 g/mol. The van der Waals surface area contributed by atoms with Crippen LogP contribution in [-0.4, -0.2) is 51.3 Å². The van der Waals surface area contributed by atoms with E-state index < -0.39 is 0 Å². The molecule has 0 aromatic heterocycles. The normalized spacial score (nSPS) is 9.61. The zero-order valence-electron chi connectivity index (χ0n) is 12.8. The van der Waals surface area contributed by atoms with Crippen LogP contribution >= 0.6 is 0 Å². The second kappa shape index (κ2) is 16.4. The smallest absolute Gasteiger partial charge is 0.222 e. The van der Waals surface area contributed by atoms with Crippen molar-refractivity contribution in [2.24, 2.45) is 0 Å². The molecule has 0 aromatic carbocycles. The number of rotatable bonds is 10. The molecule has 0 radical (unpaired) electrons. The Hall–Kier alpha value is -0.610.